The molecular formula is C17H14N2O2. The summed E-state index contributed by atoms with van der Waals surface area (Å²) >= 11 is 0. The third-order valence-electron chi connectivity index (χ3n) is 3.15. The van der Waals surface area contributed by atoms with Crippen molar-refractivity contribution < 1.29 is 9.53 Å². The molecule has 4 nitrogen and oxygen atoms in total. The summed E-state index contributed by atoms with van der Waals surface area (Å²) in [5.74, 6) is 0.525. The van der Waals surface area contributed by atoms with E-state index in [1.54, 1.807) is 24.5 Å². The molecule has 0 aliphatic carbocycles. The zero-order valence-corrected chi connectivity index (χ0v) is 11.3. The maximum absolute atomic E-state index is 11.8. The van der Waals surface area contributed by atoms with Crippen LogP contribution in [0.25, 0.3) is 10.8 Å². The summed E-state index contributed by atoms with van der Waals surface area (Å²) in [6, 6.07) is 16.8. The highest BCUT2D eigenvalue weighted by Crippen LogP contribution is 2.17. The van der Waals surface area contributed by atoms with E-state index in [9.17, 15) is 4.79 Å². The van der Waals surface area contributed by atoms with Crippen molar-refractivity contribution >= 4 is 16.9 Å². The van der Waals surface area contributed by atoms with Crippen LogP contribution in [0.15, 0.2) is 67.0 Å². The third kappa shape index (κ3) is 3.17. The molecule has 104 valence electrons. The van der Waals surface area contributed by atoms with Crippen LogP contribution in [0.3, 0.4) is 0 Å². The summed E-state index contributed by atoms with van der Waals surface area (Å²) in [5.41, 5.74) is 1.03. The van der Waals surface area contributed by atoms with Gasteiger partial charge in [-0.2, -0.15) is 0 Å². The first kappa shape index (κ1) is 13.1. The van der Waals surface area contributed by atoms with Crippen LogP contribution in [0.1, 0.15) is 5.56 Å². The Labute approximate surface area is 122 Å². The summed E-state index contributed by atoms with van der Waals surface area (Å²) in [7, 11) is 0. The molecule has 1 N–H and O–H groups in total. The lowest BCUT2D eigenvalue weighted by atomic mass is 10.1. The fraction of sp³-hybridized carbons (Fsp3) is 0.0588. The van der Waals surface area contributed by atoms with Gasteiger partial charge in [-0.1, -0.05) is 36.4 Å². The fourth-order valence-electron chi connectivity index (χ4n) is 2.14. The molecule has 21 heavy (non-hydrogen) atoms. The number of hydrogen-bond donors (Lipinski definition) is 1. The molecular weight excluding hydrogens is 264 g/mol. The number of ether oxygens (including phenoxy) is 1. The normalized spacial score (nSPS) is 10.3. The number of hydrogen-bond acceptors (Lipinski definition) is 3. The number of carbonyl (C=O) groups excluding carboxylic acids is 1. The van der Waals surface area contributed by atoms with Gasteiger partial charge >= 0.3 is 6.09 Å². The number of nitrogens with one attached hydrogen (secondary N) is 1. The van der Waals surface area contributed by atoms with Crippen LogP contribution in [0.4, 0.5) is 4.79 Å². The second-order valence-electron chi connectivity index (χ2n) is 4.57. The predicted molar refractivity (Wildman–Crippen MR) is 81.0 cm³/mol. The fourth-order valence-corrected chi connectivity index (χ4v) is 2.14. The lowest BCUT2D eigenvalue weighted by Gasteiger charge is -2.08. The Kier molecular flexibility index (Phi) is 3.78. The minimum absolute atomic E-state index is 0.410. The van der Waals surface area contributed by atoms with Crippen LogP contribution >= 0.6 is 0 Å². The van der Waals surface area contributed by atoms with E-state index in [0.29, 0.717) is 12.3 Å². The summed E-state index contributed by atoms with van der Waals surface area (Å²) in [5, 5.41) is 4.88. The molecule has 0 spiro atoms. The number of para-hydroxylation sites is 1. The van der Waals surface area contributed by atoms with E-state index < -0.39 is 6.09 Å². The molecule has 0 saturated heterocycles. The van der Waals surface area contributed by atoms with Crippen molar-refractivity contribution in [2.75, 3.05) is 0 Å². The summed E-state index contributed by atoms with van der Waals surface area (Å²) in [6.07, 6.45) is 3.09. The Balaban J connectivity index is 1.68. The van der Waals surface area contributed by atoms with Crippen LogP contribution in [0.5, 0.6) is 5.75 Å². The topological polar surface area (TPSA) is 51.2 Å². The number of amides is 1. The van der Waals surface area contributed by atoms with E-state index in [4.69, 9.17) is 4.74 Å². The molecule has 0 bridgehead atoms. The average Bonchev–Trinajstić information content (AvgIpc) is 2.54. The smallest absolute Gasteiger partial charge is 0.410 e. The first-order valence-corrected chi connectivity index (χ1v) is 6.65. The highest BCUT2D eigenvalue weighted by molar-refractivity contribution is 5.85. The highest BCUT2D eigenvalue weighted by atomic mass is 16.5. The van der Waals surface area contributed by atoms with Gasteiger partial charge in [-0.25, -0.2) is 4.79 Å². The van der Waals surface area contributed by atoms with Gasteiger partial charge in [-0.3, -0.25) is 4.98 Å². The number of pyridine rings is 1. The van der Waals surface area contributed by atoms with Crippen molar-refractivity contribution in [3.05, 3.63) is 72.6 Å². The summed E-state index contributed by atoms with van der Waals surface area (Å²) in [4.78, 5) is 15.9. The lowest BCUT2D eigenvalue weighted by molar-refractivity contribution is 0.200. The van der Waals surface area contributed by atoms with Gasteiger partial charge in [0.2, 0.25) is 0 Å². The van der Waals surface area contributed by atoms with Crippen LogP contribution in [0, 0.1) is 0 Å². The molecule has 0 atom stereocenters. The highest BCUT2D eigenvalue weighted by Gasteiger charge is 2.05. The van der Waals surface area contributed by atoms with Crippen molar-refractivity contribution in [2.24, 2.45) is 0 Å². The van der Waals surface area contributed by atoms with E-state index in [1.165, 1.54) is 0 Å². The van der Waals surface area contributed by atoms with Crippen molar-refractivity contribution in [1.29, 1.82) is 0 Å². The van der Waals surface area contributed by atoms with Crippen molar-refractivity contribution in [3.63, 3.8) is 0 Å². The zero-order valence-electron chi connectivity index (χ0n) is 11.3. The molecule has 3 rings (SSSR count). The number of benzene rings is 2. The molecule has 0 aliphatic rings. The van der Waals surface area contributed by atoms with Gasteiger partial charge in [0.25, 0.3) is 0 Å². The Hall–Kier alpha value is -2.88. The first-order chi connectivity index (χ1) is 10.3. The summed E-state index contributed by atoms with van der Waals surface area (Å²) < 4.78 is 5.19. The van der Waals surface area contributed by atoms with E-state index in [2.05, 4.69) is 10.3 Å². The minimum atomic E-state index is -0.466. The Morgan fingerprint density at radius 2 is 1.90 bits per heavy atom. The van der Waals surface area contributed by atoms with Gasteiger partial charge in [-0.05, 0) is 29.1 Å². The van der Waals surface area contributed by atoms with Crippen molar-refractivity contribution in [1.82, 2.24) is 10.3 Å². The van der Waals surface area contributed by atoms with E-state index in [0.717, 1.165) is 16.3 Å². The van der Waals surface area contributed by atoms with Gasteiger partial charge in [0.05, 0.1) is 0 Å². The molecule has 4 heteroatoms. The zero-order chi connectivity index (χ0) is 14.5. The molecule has 0 fully saturated rings. The molecule has 2 aromatic carbocycles. The molecule has 0 unspecified atom stereocenters. The maximum atomic E-state index is 11.8. The average molecular weight is 278 g/mol. The minimum Gasteiger partial charge on any atom is -0.410 e. The van der Waals surface area contributed by atoms with Crippen LogP contribution in [-0.2, 0) is 6.54 Å². The van der Waals surface area contributed by atoms with Crippen LogP contribution in [0.2, 0.25) is 0 Å². The molecule has 3 aromatic rings. The predicted octanol–water partition coefficient (Wildman–Crippen LogP) is 3.52. The van der Waals surface area contributed by atoms with E-state index >= 15 is 0 Å². The molecule has 1 amide bonds. The van der Waals surface area contributed by atoms with Crippen LogP contribution < -0.4 is 10.1 Å². The Bertz CT molecular complexity index is 752. The van der Waals surface area contributed by atoms with Crippen LogP contribution in [-0.4, -0.2) is 11.1 Å². The number of carbonyl (C=O) groups is 1. The SMILES string of the molecule is O=C(NCc1cccc2cnccc12)Oc1ccccc1. The van der Waals surface area contributed by atoms with Gasteiger partial charge in [0, 0.05) is 24.3 Å². The van der Waals surface area contributed by atoms with Crippen molar-refractivity contribution in [3.8, 4) is 5.75 Å². The molecule has 0 aliphatic heterocycles. The van der Waals surface area contributed by atoms with Gasteiger partial charge < -0.3 is 10.1 Å². The molecule has 0 saturated carbocycles. The van der Waals surface area contributed by atoms with E-state index in [-0.39, 0.29) is 0 Å². The van der Waals surface area contributed by atoms with Crippen molar-refractivity contribution in [2.45, 2.75) is 6.54 Å². The summed E-state index contributed by atoms with van der Waals surface area (Å²) in [6.45, 7) is 0.410. The second-order valence-corrected chi connectivity index (χ2v) is 4.57. The third-order valence-corrected chi connectivity index (χ3v) is 3.15. The Morgan fingerprint density at radius 1 is 1.05 bits per heavy atom. The molecule has 1 heterocycles. The van der Waals surface area contributed by atoms with Gasteiger partial charge in [-0.15, -0.1) is 0 Å². The quantitative estimate of drug-likeness (QED) is 0.797. The standard InChI is InChI=1S/C17H14N2O2/c20-17(21-15-7-2-1-3-8-15)19-12-14-6-4-5-13-11-18-10-9-16(13)14/h1-11H,12H2,(H,19,20). The molecule has 0 radical (unpaired) electrons. The van der Waals surface area contributed by atoms with Gasteiger partial charge in [0.15, 0.2) is 0 Å². The first-order valence-electron chi connectivity index (χ1n) is 6.65. The largest absolute Gasteiger partial charge is 0.412 e. The van der Waals surface area contributed by atoms with Gasteiger partial charge in [0.1, 0.15) is 5.75 Å². The van der Waals surface area contributed by atoms with E-state index in [1.807, 2.05) is 42.5 Å². The number of aromatic nitrogens is 1. The number of fused-ring (bicyclic) bond motifs is 1. The second kappa shape index (κ2) is 6.05. The monoisotopic (exact) mass is 278 g/mol. The Morgan fingerprint density at radius 3 is 2.76 bits per heavy atom. The number of nitrogens with zero attached hydrogens (tertiary/aromatic N) is 1. The number of rotatable bonds is 3. The maximum Gasteiger partial charge on any atom is 0.412 e. The molecule has 1 aromatic heterocycles. The lowest BCUT2D eigenvalue weighted by Crippen LogP contribution is -2.26.